The first-order valence-electron chi connectivity index (χ1n) is 7.87. The second kappa shape index (κ2) is 6.93. The van der Waals surface area contributed by atoms with E-state index in [1.54, 1.807) is 0 Å². The van der Waals surface area contributed by atoms with Crippen LogP contribution in [0.3, 0.4) is 0 Å². The van der Waals surface area contributed by atoms with Crippen molar-refractivity contribution in [2.24, 2.45) is 0 Å². The summed E-state index contributed by atoms with van der Waals surface area (Å²) in [4.78, 5) is 0.863. The van der Waals surface area contributed by atoms with Crippen LogP contribution in [0.15, 0.2) is 95.9 Å². The molecule has 0 aromatic heterocycles. The Labute approximate surface area is 140 Å². The third-order valence-electron chi connectivity index (χ3n) is 4.25. The van der Waals surface area contributed by atoms with E-state index in [0.717, 1.165) is 22.4 Å². The molecule has 0 saturated heterocycles. The van der Waals surface area contributed by atoms with Crippen LogP contribution in [-0.2, 0) is 15.5 Å². The molecular formula is C21H20OS. The third kappa shape index (κ3) is 2.87. The van der Waals surface area contributed by atoms with E-state index in [0.29, 0.717) is 0 Å². The Morgan fingerprint density at radius 2 is 1.09 bits per heavy atom. The van der Waals surface area contributed by atoms with Gasteiger partial charge in [0.1, 0.15) is 0 Å². The van der Waals surface area contributed by atoms with Gasteiger partial charge in [-0.1, -0.05) is 85.8 Å². The van der Waals surface area contributed by atoms with Crippen LogP contribution >= 0.6 is 0 Å². The number of rotatable bonds is 5. The Hall–Kier alpha value is -2.19. The van der Waals surface area contributed by atoms with Gasteiger partial charge in [0.15, 0.2) is 0 Å². The number of hydrogen-bond acceptors (Lipinski definition) is 1. The van der Waals surface area contributed by atoms with Gasteiger partial charge in [-0.3, -0.25) is 4.21 Å². The fourth-order valence-electron chi connectivity index (χ4n) is 3.08. The largest absolute Gasteiger partial charge is 0.253 e. The van der Waals surface area contributed by atoms with Crippen molar-refractivity contribution in [3.63, 3.8) is 0 Å². The summed E-state index contributed by atoms with van der Waals surface area (Å²) in [5.74, 6) is 0. The predicted octanol–water partition coefficient (Wildman–Crippen LogP) is 5.15. The van der Waals surface area contributed by atoms with Crippen LogP contribution in [0, 0.1) is 0 Å². The molecule has 1 atom stereocenters. The molecule has 3 rings (SSSR count). The normalized spacial score (nSPS) is 12.7. The van der Waals surface area contributed by atoms with E-state index in [4.69, 9.17) is 0 Å². The fraction of sp³-hybridized carbons (Fsp3) is 0.143. The zero-order valence-electron chi connectivity index (χ0n) is 13.2. The highest BCUT2D eigenvalue weighted by Gasteiger charge is 2.39. The van der Waals surface area contributed by atoms with Crippen LogP contribution in [0.4, 0.5) is 0 Å². The maximum atomic E-state index is 13.6. The van der Waals surface area contributed by atoms with Crippen molar-refractivity contribution in [3.05, 3.63) is 102 Å². The van der Waals surface area contributed by atoms with Crippen LogP contribution in [0.1, 0.15) is 24.5 Å². The van der Waals surface area contributed by atoms with Crippen molar-refractivity contribution in [3.8, 4) is 0 Å². The van der Waals surface area contributed by atoms with Crippen LogP contribution in [0.25, 0.3) is 0 Å². The molecule has 2 heteroatoms. The summed E-state index contributed by atoms with van der Waals surface area (Å²) in [5.41, 5.74) is 2.19. The zero-order valence-corrected chi connectivity index (χ0v) is 14.0. The standard InChI is InChI=1S/C21H20OS/c1-2-21(18-12-6-3-7-13-18,19-14-8-4-9-15-19)23(22)20-16-10-5-11-17-20/h3-17H,2H2,1H3. The molecule has 23 heavy (non-hydrogen) atoms. The molecule has 0 radical (unpaired) electrons. The lowest BCUT2D eigenvalue weighted by Gasteiger charge is -2.33. The monoisotopic (exact) mass is 320 g/mol. The van der Waals surface area contributed by atoms with E-state index in [-0.39, 0.29) is 0 Å². The van der Waals surface area contributed by atoms with E-state index in [1.807, 2.05) is 66.7 Å². The SMILES string of the molecule is CCC(c1ccccc1)(c1ccccc1)S(=O)c1ccccc1. The average Bonchev–Trinajstić information content (AvgIpc) is 2.65. The molecule has 0 aliphatic carbocycles. The van der Waals surface area contributed by atoms with Crippen LogP contribution in [0.5, 0.6) is 0 Å². The van der Waals surface area contributed by atoms with Crippen molar-refractivity contribution in [1.82, 2.24) is 0 Å². The molecule has 3 aromatic rings. The van der Waals surface area contributed by atoms with Gasteiger partial charge >= 0.3 is 0 Å². The summed E-state index contributed by atoms with van der Waals surface area (Å²) >= 11 is 0. The minimum Gasteiger partial charge on any atom is -0.253 e. The van der Waals surface area contributed by atoms with E-state index >= 15 is 0 Å². The Morgan fingerprint density at radius 3 is 1.48 bits per heavy atom. The van der Waals surface area contributed by atoms with Gasteiger partial charge in [-0.2, -0.15) is 0 Å². The highest BCUT2D eigenvalue weighted by molar-refractivity contribution is 7.86. The van der Waals surface area contributed by atoms with E-state index in [9.17, 15) is 4.21 Å². The molecular weight excluding hydrogens is 300 g/mol. The van der Waals surface area contributed by atoms with Gasteiger partial charge in [0, 0.05) is 4.90 Å². The minimum atomic E-state index is -1.18. The maximum absolute atomic E-state index is 13.6. The maximum Gasteiger partial charge on any atom is 0.0999 e. The molecule has 0 aliphatic heterocycles. The molecule has 0 spiro atoms. The summed E-state index contributed by atoms with van der Waals surface area (Å²) in [6.07, 6.45) is 0.766. The summed E-state index contributed by atoms with van der Waals surface area (Å²) in [5, 5.41) is 0. The summed E-state index contributed by atoms with van der Waals surface area (Å²) < 4.78 is 13.1. The Morgan fingerprint density at radius 1 is 0.696 bits per heavy atom. The first kappa shape index (κ1) is 15.7. The quantitative estimate of drug-likeness (QED) is 0.635. The van der Waals surface area contributed by atoms with Gasteiger partial charge in [0.25, 0.3) is 0 Å². The lowest BCUT2D eigenvalue weighted by Crippen LogP contribution is -2.32. The van der Waals surface area contributed by atoms with Crippen LogP contribution in [0.2, 0.25) is 0 Å². The van der Waals surface area contributed by atoms with Gasteiger partial charge in [0.2, 0.25) is 0 Å². The van der Waals surface area contributed by atoms with E-state index in [1.165, 1.54) is 0 Å². The Bertz CT molecular complexity index is 727. The van der Waals surface area contributed by atoms with Crippen LogP contribution in [-0.4, -0.2) is 4.21 Å². The minimum absolute atomic E-state index is 0.538. The first-order valence-corrected chi connectivity index (χ1v) is 9.02. The number of benzene rings is 3. The molecule has 0 N–H and O–H groups in total. The molecule has 0 aliphatic rings. The lowest BCUT2D eigenvalue weighted by atomic mass is 9.88. The summed E-state index contributed by atoms with van der Waals surface area (Å²) in [6, 6.07) is 30.2. The van der Waals surface area contributed by atoms with E-state index < -0.39 is 15.5 Å². The van der Waals surface area contributed by atoms with Crippen molar-refractivity contribution in [2.45, 2.75) is 23.0 Å². The molecule has 1 unspecified atom stereocenters. The Balaban J connectivity index is 2.24. The third-order valence-corrected chi connectivity index (χ3v) is 6.35. The summed E-state index contributed by atoms with van der Waals surface area (Å²) in [7, 11) is -1.18. The molecule has 1 nitrogen and oxygen atoms in total. The number of hydrogen-bond donors (Lipinski definition) is 0. The second-order valence-electron chi connectivity index (χ2n) is 5.49. The molecule has 116 valence electrons. The van der Waals surface area contributed by atoms with Gasteiger partial charge in [-0.15, -0.1) is 0 Å². The van der Waals surface area contributed by atoms with Gasteiger partial charge in [0.05, 0.1) is 15.5 Å². The zero-order chi connectivity index (χ0) is 16.1. The predicted molar refractivity (Wildman–Crippen MR) is 96.8 cm³/mol. The molecule has 0 heterocycles. The molecule has 3 aromatic carbocycles. The fourth-order valence-corrected chi connectivity index (χ4v) is 4.85. The first-order chi connectivity index (χ1) is 11.3. The molecule has 0 fully saturated rings. The van der Waals surface area contributed by atoms with Gasteiger partial charge in [-0.05, 0) is 29.7 Å². The van der Waals surface area contributed by atoms with Crippen molar-refractivity contribution in [2.75, 3.05) is 0 Å². The average molecular weight is 320 g/mol. The van der Waals surface area contributed by atoms with Gasteiger partial charge < -0.3 is 0 Å². The van der Waals surface area contributed by atoms with Crippen LogP contribution < -0.4 is 0 Å². The topological polar surface area (TPSA) is 17.1 Å². The second-order valence-corrected chi connectivity index (χ2v) is 7.20. The molecule has 0 saturated carbocycles. The van der Waals surface area contributed by atoms with E-state index in [2.05, 4.69) is 31.2 Å². The van der Waals surface area contributed by atoms with Crippen molar-refractivity contribution >= 4 is 10.8 Å². The highest BCUT2D eigenvalue weighted by Crippen LogP contribution is 2.41. The van der Waals surface area contributed by atoms with Crippen molar-refractivity contribution in [1.29, 1.82) is 0 Å². The molecule has 0 bridgehead atoms. The molecule has 0 amide bonds. The smallest absolute Gasteiger partial charge is 0.0999 e. The summed E-state index contributed by atoms with van der Waals surface area (Å²) in [6.45, 7) is 2.11. The van der Waals surface area contributed by atoms with Crippen molar-refractivity contribution < 1.29 is 4.21 Å². The lowest BCUT2D eigenvalue weighted by molar-refractivity contribution is 0.624. The highest BCUT2D eigenvalue weighted by atomic mass is 32.2. The Kier molecular flexibility index (Phi) is 4.73. The van der Waals surface area contributed by atoms with Gasteiger partial charge in [-0.25, -0.2) is 0 Å².